The summed E-state index contributed by atoms with van der Waals surface area (Å²) in [7, 11) is 0. The largest absolute Gasteiger partial charge is 0.373 e. The molecule has 1 saturated heterocycles. The maximum absolute atomic E-state index is 12.1. The first-order chi connectivity index (χ1) is 11.6. The van der Waals surface area contributed by atoms with Crippen molar-refractivity contribution >= 4 is 6.03 Å². The highest BCUT2D eigenvalue weighted by Crippen LogP contribution is 2.23. The maximum atomic E-state index is 12.1. The van der Waals surface area contributed by atoms with Gasteiger partial charge in [-0.2, -0.15) is 0 Å². The van der Waals surface area contributed by atoms with Crippen LogP contribution in [0.15, 0.2) is 36.7 Å². The summed E-state index contributed by atoms with van der Waals surface area (Å²) in [5.41, 5.74) is 1.72. The van der Waals surface area contributed by atoms with Gasteiger partial charge in [0.1, 0.15) is 0 Å². The number of carbonyl (C=O) groups is 1. The molecule has 128 valence electrons. The molecule has 0 bridgehead atoms. The Balaban J connectivity index is 1.52. The van der Waals surface area contributed by atoms with Crippen molar-refractivity contribution in [2.24, 2.45) is 0 Å². The molecule has 24 heavy (non-hydrogen) atoms. The molecule has 2 N–H and O–H groups in total. The highest BCUT2D eigenvalue weighted by atomic mass is 16.5. The number of urea groups is 1. The van der Waals surface area contributed by atoms with E-state index in [1.807, 2.05) is 38.1 Å². The molecule has 0 saturated carbocycles. The quantitative estimate of drug-likeness (QED) is 0.881. The predicted octanol–water partition coefficient (Wildman–Crippen LogP) is 2.20. The van der Waals surface area contributed by atoms with Gasteiger partial charge in [0.05, 0.1) is 29.7 Å². The number of rotatable bonds is 5. The molecule has 0 aliphatic carbocycles. The first-order valence-corrected chi connectivity index (χ1v) is 8.21. The number of aromatic nitrogens is 3. The Hall–Kier alpha value is -2.41. The highest BCUT2D eigenvalue weighted by Gasteiger charge is 2.30. The van der Waals surface area contributed by atoms with Crippen LogP contribution in [0.5, 0.6) is 0 Å². The standard InChI is InChI=1S/C17H23N5O2/c1-13(20-16(23)18-12-17(2)8-3-11-24-17)14-4-6-15(7-5-14)22-10-9-19-21-22/h4-7,9-10,13H,3,8,11-12H2,1-2H3,(H2,18,20,23)/t13-,17-/m0/s1. The second-order valence-corrected chi connectivity index (χ2v) is 6.39. The lowest BCUT2D eigenvalue weighted by atomic mass is 10.0. The van der Waals surface area contributed by atoms with Crippen LogP contribution >= 0.6 is 0 Å². The minimum Gasteiger partial charge on any atom is -0.373 e. The van der Waals surface area contributed by atoms with E-state index in [1.54, 1.807) is 17.1 Å². The fraction of sp³-hybridized carbons (Fsp3) is 0.471. The number of nitrogens with one attached hydrogen (secondary N) is 2. The van der Waals surface area contributed by atoms with Crippen molar-refractivity contribution < 1.29 is 9.53 Å². The van der Waals surface area contributed by atoms with Gasteiger partial charge in [-0.25, -0.2) is 9.48 Å². The molecule has 7 heteroatoms. The van der Waals surface area contributed by atoms with Gasteiger partial charge in [0, 0.05) is 13.2 Å². The Morgan fingerprint density at radius 2 is 2.21 bits per heavy atom. The number of hydrogen-bond donors (Lipinski definition) is 2. The molecule has 1 aliphatic rings. The second kappa shape index (κ2) is 7.00. The number of amides is 2. The van der Waals surface area contributed by atoms with Crippen LogP contribution in [0.4, 0.5) is 4.79 Å². The van der Waals surface area contributed by atoms with Crippen molar-refractivity contribution in [2.75, 3.05) is 13.2 Å². The molecule has 1 aromatic carbocycles. The van der Waals surface area contributed by atoms with Crippen LogP contribution in [0.1, 0.15) is 38.3 Å². The van der Waals surface area contributed by atoms with Crippen LogP contribution in [0.3, 0.4) is 0 Å². The third-order valence-electron chi connectivity index (χ3n) is 4.35. The molecule has 1 fully saturated rings. The normalized spacial score (nSPS) is 21.4. The average Bonchev–Trinajstić information content (AvgIpc) is 3.25. The molecule has 1 aromatic heterocycles. The van der Waals surface area contributed by atoms with Gasteiger partial charge in [-0.15, -0.1) is 5.10 Å². The minimum absolute atomic E-state index is 0.0906. The molecular weight excluding hydrogens is 306 g/mol. The average molecular weight is 329 g/mol. The zero-order chi connectivity index (χ0) is 17.0. The zero-order valence-electron chi connectivity index (χ0n) is 14.0. The van der Waals surface area contributed by atoms with Crippen LogP contribution in [0, 0.1) is 0 Å². The minimum atomic E-state index is -0.236. The molecular formula is C17H23N5O2. The van der Waals surface area contributed by atoms with E-state index in [4.69, 9.17) is 4.74 Å². The summed E-state index contributed by atoms with van der Waals surface area (Å²) in [4.78, 5) is 12.1. The maximum Gasteiger partial charge on any atom is 0.315 e. The Morgan fingerprint density at radius 1 is 1.42 bits per heavy atom. The van der Waals surface area contributed by atoms with E-state index in [0.29, 0.717) is 6.54 Å². The van der Waals surface area contributed by atoms with Crippen molar-refractivity contribution in [1.82, 2.24) is 25.6 Å². The highest BCUT2D eigenvalue weighted by molar-refractivity contribution is 5.74. The van der Waals surface area contributed by atoms with E-state index in [9.17, 15) is 4.79 Å². The van der Waals surface area contributed by atoms with E-state index < -0.39 is 0 Å². The summed E-state index contributed by atoms with van der Waals surface area (Å²) in [6.07, 6.45) is 5.45. The fourth-order valence-electron chi connectivity index (χ4n) is 2.84. The molecule has 0 unspecified atom stereocenters. The van der Waals surface area contributed by atoms with E-state index in [-0.39, 0.29) is 17.7 Å². The van der Waals surface area contributed by atoms with Crippen LogP contribution < -0.4 is 10.6 Å². The van der Waals surface area contributed by atoms with E-state index in [1.165, 1.54) is 0 Å². The molecule has 7 nitrogen and oxygen atoms in total. The first kappa shape index (κ1) is 16.4. The summed E-state index contributed by atoms with van der Waals surface area (Å²) < 4.78 is 7.36. The number of nitrogens with zero attached hydrogens (tertiary/aromatic N) is 3. The Bertz CT molecular complexity index is 663. The van der Waals surface area contributed by atoms with Crippen molar-refractivity contribution in [3.05, 3.63) is 42.2 Å². The fourth-order valence-corrected chi connectivity index (χ4v) is 2.84. The van der Waals surface area contributed by atoms with Crippen LogP contribution in [-0.2, 0) is 4.74 Å². The van der Waals surface area contributed by atoms with Gasteiger partial charge in [0.25, 0.3) is 0 Å². The number of ether oxygens (including phenoxy) is 1. The Labute approximate surface area is 141 Å². The van der Waals surface area contributed by atoms with Gasteiger partial charge in [-0.1, -0.05) is 17.3 Å². The number of benzene rings is 1. The third-order valence-corrected chi connectivity index (χ3v) is 4.35. The second-order valence-electron chi connectivity index (χ2n) is 6.39. The Morgan fingerprint density at radius 3 is 2.83 bits per heavy atom. The molecule has 0 radical (unpaired) electrons. The van der Waals surface area contributed by atoms with E-state index in [2.05, 4.69) is 20.9 Å². The van der Waals surface area contributed by atoms with Crippen molar-refractivity contribution in [3.8, 4) is 5.69 Å². The molecule has 1 aliphatic heterocycles. The van der Waals surface area contributed by atoms with Gasteiger partial charge in [-0.05, 0) is 44.4 Å². The lowest BCUT2D eigenvalue weighted by Gasteiger charge is -2.24. The Kier molecular flexibility index (Phi) is 4.80. The monoisotopic (exact) mass is 329 g/mol. The van der Waals surface area contributed by atoms with Crippen LogP contribution in [-0.4, -0.2) is 39.8 Å². The van der Waals surface area contributed by atoms with Crippen LogP contribution in [0.25, 0.3) is 5.69 Å². The van der Waals surface area contributed by atoms with Crippen molar-refractivity contribution in [3.63, 3.8) is 0 Å². The number of carbonyl (C=O) groups excluding carboxylic acids is 1. The summed E-state index contributed by atoms with van der Waals surface area (Å²) >= 11 is 0. The van der Waals surface area contributed by atoms with Crippen molar-refractivity contribution in [2.45, 2.75) is 38.3 Å². The van der Waals surface area contributed by atoms with E-state index >= 15 is 0 Å². The summed E-state index contributed by atoms with van der Waals surface area (Å²) in [6.45, 7) is 5.29. The lowest BCUT2D eigenvalue weighted by Crippen LogP contribution is -2.45. The molecule has 2 atom stereocenters. The third kappa shape index (κ3) is 3.91. The molecule has 2 aromatic rings. The van der Waals surface area contributed by atoms with Crippen LogP contribution in [0.2, 0.25) is 0 Å². The van der Waals surface area contributed by atoms with Gasteiger partial charge < -0.3 is 15.4 Å². The molecule has 2 amide bonds. The van der Waals surface area contributed by atoms with Gasteiger partial charge in [0.2, 0.25) is 0 Å². The molecule has 3 rings (SSSR count). The molecule has 0 spiro atoms. The van der Waals surface area contributed by atoms with Gasteiger partial charge >= 0.3 is 6.03 Å². The molecule has 2 heterocycles. The van der Waals surface area contributed by atoms with Gasteiger partial charge in [-0.3, -0.25) is 0 Å². The topological polar surface area (TPSA) is 81.1 Å². The van der Waals surface area contributed by atoms with E-state index in [0.717, 1.165) is 30.7 Å². The first-order valence-electron chi connectivity index (χ1n) is 8.21. The summed E-state index contributed by atoms with van der Waals surface area (Å²) in [6, 6.07) is 7.58. The zero-order valence-corrected chi connectivity index (χ0v) is 14.0. The SMILES string of the molecule is C[C@H](NC(=O)NC[C@]1(C)CCCO1)c1ccc(-n2ccnn2)cc1. The lowest BCUT2D eigenvalue weighted by molar-refractivity contribution is 0.0228. The summed E-state index contributed by atoms with van der Waals surface area (Å²) in [5, 5.41) is 13.6. The summed E-state index contributed by atoms with van der Waals surface area (Å²) in [5.74, 6) is 0. The predicted molar refractivity (Wildman–Crippen MR) is 89.9 cm³/mol. The van der Waals surface area contributed by atoms with Crippen molar-refractivity contribution in [1.29, 1.82) is 0 Å². The number of hydrogen-bond acceptors (Lipinski definition) is 4. The smallest absolute Gasteiger partial charge is 0.315 e. The van der Waals surface area contributed by atoms with Gasteiger partial charge in [0.15, 0.2) is 0 Å².